The number of aryl methyl sites for hydroxylation is 1. The Labute approximate surface area is 132 Å². The minimum absolute atomic E-state index is 0.223. The lowest BCUT2D eigenvalue weighted by molar-refractivity contribution is -0.137. The quantitative estimate of drug-likeness (QED) is 0.455. The van der Waals surface area contributed by atoms with Crippen molar-refractivity contribution in [2.45, 2.75) is 11.9 Å². The molecular weight excluding hydrogens is 298 g/mol. The predicted octanol–water partition coefficient (Wildman–Crippen LogP) is 3.20. The van der Waals surface area contributed by atoms with Crippen molar-refractivity contribution < 1.29 is 9.53 Å². The maximum absolute atomic E-state index is 11.4. The van der Waals surface area contributed by atoms with Crippen LogP contribution in [0.2, 0.25) is 0 Å². The summed E-state index contributed by atoms with van der Waals surface area (Å²) in [6.45, 7) is 1.97. The first kappa shape index (κ1) is 14.6. The molecule has 22 heavy (non-hydrogen) atoms. The van der Waals surface area contributed by atoms with E-state index < -0.39 is 0 Å². The second-order valence-electron chi connectivity index (χ2n) is 4.80. The zero-order valence-electron chi connectivity index (χ0n) is 12.3. The van der Waals surface area contributed by atoms with Crippen LogP contribution >= 0.6 is 11.8 Å². The highest BCUT2D eigenvalue weighted by molar-refractivity contribution is 8.00. The van der Waals surface area contributed by atoms with Crippen LogP contribution in [-0.2, 0) is 9.53 Å². The normalized spacial score (nSPS) is 10.8. The smallest absolute Gasteiger partial charge is 0.316 e. The van der Waals surface area contributed by atoms with Gasteiger partial charge in [-0.25, -0.2) is 9.97 Å². The number of fused-ring (bicyclic) bond motifs is 1. The lowest BCUT2D eigenvalue weighted by Crippen LogP contribution is -2.03. The molecule has 3 rings (SSSR count). The van der Waals surface area contributed by atoms with E-state index in [9.17, 15) is 4.79 Å². The van der Waals surface area contributed by atoms with E-state index in [0.717, 1.165) is 27.3 Å². The Kier molecular flexibility index (Phi) is 4.11. The van der Waals surface area contributed by atoms with Crippen molar-refractivity contribution in [2.75, 3.05) is 12.9 Å². The van der Waals surface area contributed by atoms with Gasteiger partial charge in [0.15, 0.2) is 5.82 Å². The molecule has 0 saturated heterocycles. The first-order chi connectivity index (χ1) is 10.7. The Morgan fingerprint density at radius 3 is 2.77 bits per heavy atom. The number of hydrogen-bond donors (Lipinski definition) is 1. The fourth-order valence-electron chi connectivity index (χ4n) is 2.13. The number of nitrogens with one attached hydrogen (secondary N) is 1. The Bertz CT molecular complexity index is 815. The van der Waals surface area contributed by atoms with Crippen molar-refractivity contribution in [3.63, 3.8) is 0 Å². The van der Waals surface area contributed by atoms with Crippen LogP contribution in [0, 0.1) is 6.92 Å². The number of hydrogen-bond acceptors (Lipinski definition) is 5. The molecule has 1 aromatic carbocycles. The minimum Gasteiger partial charge on any atom is -0.468 e. The number of nitrogens with zero attached hydrogens (tertiary/aromatic N) is 2. The topological polar surface area (TPSA) is 67.9 Å². The molecular formula is C16H15N3O2S. The lowest BCUT2D eigenvalue weighted by atomic mass is 10.2. The van der Waals surface area contributed by atoms with Crippen LogP contribution in [0.1, 0.15) is 5.69 Å². The molecule has 0 unspecified atom stereocenters. The number of esters is 1. The van der Waals surface area contributed by atoms with Crippen LogP contribution in [-0.4, -0.2) is 33.8 Å². The van der Waals surface area contributed by atoms with Gasteiger partial charge in [-0.1, -0.05) is 42.1 Å². The average Bonchev–Trinajstić information content (AvgIpc) is 2.93. The first-order valence-electron chi connectivity index (χ1n) is 6.80. The van der Waals surface area contributed by atoms with Gasteiger partial charge < -0.3 is 9.72 Å². The van der Waals surface area contributed by atoms with Crippen molar-refractivity contribution in [2.24, 2.45) is 0 Å². The van der Waals surface area contributed by atoms with Crippen LogP contribution < -0.4 is 0 Å². The molecule has 0 radical (unpaired) electrons. The highest BCUT2D eigenvalue weighted by Crippen LogP contribution is 2.28. The number of methoxy groups -OCH3 is 1. The molecule has 0 aliphatic heterocycles. The summed E-state index contributed by atoms with van der Waals surface area (Å²) in [7, 11) is 1.38. The number of aromatic nitrogens is 3. The third-order valence-corrected chi connectivity index (χ3v) is 4.14. The zero-order chi connectivity index (χ0) is 15.5. The molecule has 0 atom stereocenters. The number of carbonyl (C=O) groups excluding carboxylic acids is 1. The number of H-pyrrole nitrogens is 1. The molecule has 0 spiro atoms. The van der Waals surface area contributed by atoms with Crippen molar-refractivity contribution in [1.29, 1.82) is 0 Å². The van der Waals surface area contributed by atoms with Gasteiger partial charge in [-0.3, -0.25) is 4.79 Å². The second kappa shape index (κ2) is 6.19. The van der Waals surface area contributed by atoms with Gasteiger partial charge in [-0.15, -0.1) is 0 Å². The Balaban J connectivity index is 2.06. The van der Waals surface area contributed by atoms with Crippen LogP contribution in [0.5, 0.6) is 0 Å². The van der Waals surface area contributed by atoms with Gasteiger partial charge in [0.1, 0.15) is 10.7 Å². The van der Waals surface area contributed by atoms with Gasteiger partial charge in [0.05, 0.1) is 18.2 Å². The molecule has 0 fully saturated rings. The molecule has 5 nitrogen and oxygen atoms in total. The molecule has 2 heterocycles. The maximum atomic E-state index is 11.4. The van der Waals surface area contributed by atoms with E-state index >= 15 is 0 Å². The molecule has 1 N–H and O–H groups in total. The number of thioether (sulfide) groups is 1. The summed E-state index contributed by atoms with van der Waals surface area (Å²) in [6.07, 6.45) is 0. The zero-order valence-corrected chi connectivity index (χ0v) is 13.1. The molecule has 0 bridgehead atoms. The number of rotatable bonds is 4. The van der Waals surface area contributed by atoms with Crippen molar-refractivity contribution >= 4 is 28.8 Å². The largest absolute Gasteiger partial charge is 0.468 e. The molecule has 0 saturated carbocycles. The van der Waals surface area contributed by atoms with E-state index in [0.29, 0.717) is 5.82 Å². The Morgan fingerprint density at radius 1 is 1.27 bits per heavy atom. The van der Waals surface area contributed by atoms with E-state index in [1.807, 2.05) is 43.3 Å². The van der Waals surface area contributed by atoms with Gasteiger partial charge >= 0.3 is 5.97 Å². The third kappa shape index (κ3) is 2.96. The first-order valence-corrected chi connectivity index (χ1v) is 7.78. The molecule has 0 amide bonds. The van der Waals surface area contributed by atoms with E-state index in [1.165, 1.54) is 18.9 Å². The molecule has 0 aliphatic carbocycles. The number of benzene rings is 1. The highest BCUT2D eigenvalue weighted by atomic mass is 32.2. The van der Waals surface area contributed by atoms with Gasteiger partial charge in [-0.05, 0) is 13.0 Å². The van der Waals surface area contributed by atoms with Crippen molar-refractivity contribution in [3.05, 3.63) is 42.1 Å². The van der Waals surface area contributed by atoms with Gasteiger partial charge in [0.25, 0.3) is 0 Å². The SMILES string of the molecule is COC(=O)CSc1nc(-c2ccccc2)nc2[nH]c(C)cc12. The van der Waals surface area contributed by atoms with Crippen LogP contribution in [0.15, 0.2) is 41.4 Å². The summed E-state index contributed by atoms with van der Waals surface area (Å²) >= 11 is 1.36. The lowest BCUT2D eigenvalue weighted by Gasteiger charge is -2.05. The number of carbonyl (C=O) groups is 1. The van der Waals surface area contributed by atoms with Crippen molar-refractivity contribution in [3.8, 4) is 11.4 Å². The van der Waals surface area contributed by atoms with Gasteiger partial charge in [0, 0.05) is 11.3 Å². The molecule has 0 aliphatic rings. The van der Waals surface area contributed by atoms with Gasteiger partial charge in [-0.2, -0.15) is 0 Å². The Hall–Kier alpha value is -2.34. The van der Waals surface area contributed by atoms with E-state index in [-0.39, 0.29) is 11.7 Å². The summed E-state index contributed by atoms with van der Waals surface area (Å²) in [5, 5.41) is 1.70. The minimum atomic E-state index is -0.273. The third-order valence-electron chi connectivity index (χ3n) is 3.17. The van der Waals surface area contributed by atoms with Crippen LogP contribution in [0.4, 0.5) is 0 Å². The summed E-state index contributed by atoms with van der Waals surface area (Å²) in [5.41, 5.74) is 2.73. The summed E-state index contributed by atoms with van der Waals surface area (Å²) in [4.78, 5) is 23.8. The monoisotopic (exact) mass is 313 g/mol. The summed E-state index contributed by atoms with van der Waals surface area (Å²) < 4.78 is 4.69. The standard InChI is InChI=1S/C16H15N3O2S/c1-10-8-12-15(17-10)18-14(11-6-4-3-5-7-11)19-16(12)22-9-13(20)21-2/h3-8H,9H2,1-2H3,(H,17,18,19). The predicted molar refractivity (Wildman–Crippen MR) is 86.8 cm³/mol. The van der Waals surface area contributed by atoms with E-state index in [2.05, 4.69) is 15.0 Å². The van der Waals surface area contributed by atoms with Crippen LogP contribution in [0.3, 0.4) is 0 Å². The summed E-state index contributed by atoms with van der Waals surface area (Å²) in [6, 6.07) is 11.8. The highest BCUT2D eigenvalue weighted by Gasteiger charge is 2.13. The van der Waals surface area contributed by atoms with E-state index in [1.54, 1.807) is 0 Å². The molecule has 112 valence electrons. The maximum Gasteiger partial charge on any atom is 0.316 e. The summed E-state index contributed by atoms with van der Waals surface area (Å²) in [5.74, 6) is 0.591. The number of ether oxygens (including phenoxy) is 1. The van der Waals surface area contributed by atoms with E-state index in [4.69, 9.17) is 4.74 Å². The molecule has 2 aromatic heterocycles. The Morgan fingerprint density at radius 2 is 2.05 bits per heavy atom. The fourth-order valence-corrected chi connectivity index (χ4v) is 2.96. The fraction of sp³-hybridized carbons (Fsp3) is 0.188. The van der Waals surface area contributed by atoms with Gasteiger partial charge in [0.2, 0.25) is 0 Å². The average molecular weight is 313 g/mol. The number of aromatic amines is 1. The van der Waals surface area contributed by atoms with Crippen LogP contribution in [0.25, 0.3) is 22.4 Å². The molecule has 6 heteroatoms. The second-order valence-corrected chi connectivity index (χ2v) is 5.76. The molecule has 3 aromatic rings. The van der Waals surface area contributed by atoms with Crippen molar-refractivity contribution in [1.82, 2.24) is 15.0 Å².